The summed E-state index contributed by atoms with van der Waals surface area (Å²) in [4.78, 5) is 12.2. The van der Waals surface area contributed by atoms with Crippen molar-refractivity contribution < 1.29 is 0 Å². The second-order valence-corrected chi connectivity index (χ2v) is 4.86. The summed E-state index contributed by atoms with van der Waals surface area (Å²) in [6, 6.07) is 5.98. The number of nitrogens with one attached hydrogen (secondary N) is 2. The fourth-order valence-electron chi connectivity index (χ4n) is 2.49. The van der Waals surface area contributed by atoms with E-state index in [2.05, 4.69) is 20.3 Å². The van der Waals surface area contributed by atoms with E-state index in [9.17, 15) is 0 Å². The van der Waals surface area contributed by atoms with Crippen LogP contribution in [0.5, 0.6) is 0 Å². The van der Waals surface area contributed by atoms with Gasteiger partial charge in [0.25, 0.3) is 0 Å². The summed E-state index contributed by atoms with van der Waals surface area (Å²) in [7, 11) is 0. The van der Waals surface area contributed by atoms with E-state index in [1.165, 1.54) is 12.8 Å². The topological polar surface area (TPSA) is 53.6 Å². The van der Waals surface area contributed by atoms with E-state index >= 15 is 0 Å². The van der Waals surface area contributed by atoms with E-state index in [-0.39, 0.29) is 0 Å². The van der Waals surface area contributed by atoms with Gasteiger partial charge in [-0.25, -0.2) is 9.97 Å². The minimum Gasteiger partial charge on any atom is -0.360 e. The van der Waals surface area contributed by atoms with Gasteiger partial charge in [0, 0.05) is 18.8 Å². The average molecular weight is 242 g/mol. The Morgan fingerprint density at radius 3 is 3.11 bits per heavy atom. The van der Waals surface area contributed by atoms with Crippen LogP contribution in [0.3, 0.4) is 0 Å². The molecular formula is C14H18N4. The average Bonchev–Trinajstić information content (AvgIpc) is 2.94. The Bertz CT molecular complexity index is 486. The molecule has 0 bridgehead atoms. The third-order valence-electron chi connectivity index (χ3n) is 3.45. The largest absolute Gasteiger partial charge is 0.360 e. The first kappa shape index (κ1) is 11.4. The van der Waals surface area contributed by atoms with Gasteiger partial charge in [-0.05, 0) is 50.0 Å². The Balaban J connectivity index is 1.74. The highest BCUT2D eigenvalue weighted by atomic mass is 14.9. The molecule has 0 amide bonds. The van der Waals surface area contributed by atoms with Crippen molar-refractivity contribution >= 4 is 0 Å². The van der Waals surface area contributed by atoms with Crippen molar-refractivity contribution in [1.29, 1.82) is 0 Å². The van der Waals surface area contributed by atoms with Gasteiger partial charge in [-0.1, -0.05) is 0 Å². The van der Waals surface area contributed by atoms with E-state index in [0.717, 1.165) is 36.7 Å². The molecule has 1 aliphatic rings. The predicted octanol–water partition coefficient (Wildman–Crippen LogP) is 2.01. The van der Waals surface area contributed by atoms with Gasteiger partial charge in [-0.3, -0.25) is 0 Å². The van der Waals surface area contributed by atoms with Crippen molar-refractivity contribution in [2.75, 3.05) is 13.1 Å². The molecule has 0 saturated carbocycles. The molecule has 2 aromatic heterocycles. The molecule has 1 fully saturated rings. The summed E-state index contributed by atoms with van der Waals surface area (Å²) in [5, 5.41) is 3.44. The Morgan fingerprint density at radius 1 is 1.33 bits per heavy atom. The molecule has 0 aromatic carbocycles. The van der Waals surface area contributed by atoms with Crippen molar-refractivity contribution in [3.63, 3.8) is 0 Å². The lowest BCUT2D eigenvalue weighted by atomic mass is 9.96. The van der Waals surface area contributed by atoms with Crippen LogP contribution in [0.25, 0.3) is 11.4 Å². The quantitative estimate of drug-likeness (QED) is 0.865. The summed E-state index contributed by atoms with van der Waals surface area (Å²) < 4.78 is 0. The lowest BCUT2D eigenvalue weighted by Gasteiger charge is -2.21. The lowest BCUT2D eigenvalue weighted by Crippen LogP contribution is -2.31. The number of H-pyrrole nitrogens is 1. The first-order valence-electron chi connectivity index (χ1n) is 6.58. The Hall–Kier alpha value is -1.68. The second kappa shape index (κ2) is 5.31. The number of hydrogen-bond donors (Lipinski definition) is 2. The highest BCUT2D eigenvalue weighted by Crippen LogP contribution is 2.17. The molecule has 0 spiro atoms. The van der Waals surface area contributed by atoms with Gasteiger partial charge in [-0.2, -0.15) is 0 Å². The van der Waals surface area contributed by atoms with Crippen molar-refractivity contribution in [1.82, 2.24) is 20.3 Å². The summed E-state index contributed by atoms with van der Waals surface area (Å²) in [6.45, 7) is 2.25. The van der Waals surface area contributed by atoms with Crippen molar-refractivity contribution in [2.24, 2.45) is 5.92 Å². The van der Waals surface area contributed by atoms with Crippen LogP contribution in [0, 0.1) is 5.92 Å². The number of rotatable bonds is 3. The van der Waals surface area contributed by atoms with Gasteiger partial charge >= 0.3 is 0 Å². The van der Waals surface area contributed by atoms with E-state index in [4.69, 9.17) is 0 Å². The molecule has 3 rings (SSSR count). The number of nitrogens with zero attached hydrogens (tertiary/aromatic N) is 2. The van der Waals surface area contributed by atoms with Crippen LogP contribution < -0.4 is 5.32 Å². The van der Waals surface area contributed by atoms with Gasteiger partial charge < -0.3 is 10.3 Å². The van der Waals surface area contributed by atoms with Crippen LogP contribution in [0.4, 0.5) is 0 Å². The SMILES string of the molecule is c1c[nH]c(-c2ccnc(CC3CCCNC3)n2)c1. The maximum Gasteiger partial charge on any atom is 0.129 e. The zero-order chi connectivity index (χ0) is 12.2. The number of piperidine rings is 1. The molecular weight excluding hydrogens is 224 g/mol. The molecule has 4 nitrogen and oxygen atoms in total. The van der Waals surface area contributed by atoms with E-state index < -0.39 is 0 Å². The molecule has 94 valence electrons. The Labute approximate surface area is 107 Å². The highest BCUT2D eigenvalue weighted by molar-refractivity contribution is 5.53. The molecule has 18 heavy (non-hydrogen) atoms. The fourth-order valence-corrected chi connectivity index (χ4v) is 2.49. The minimum atomic E-state index is 0.678. The molecule has 1 unspecified atom stereocenters. The number of hydrogen-bond acceptors (Lipinski definition) is 3. The van der Waals surface area contributed by atoms with Crippen molar-refractivity contribution in [2.45, 2.75) is 19.3 Å². The first-order chi connectivity index (χ1) is 8.92. The molecule has 2 N–H and O–H groups in total. The summed E-state index contributed by atoms with van der Waals surface area (Å²) in [6.07, 6.45) is 7.29. The zero-order valence-corrected chi connectivity index (χ0v) is 10.4. The Kier molecular flexibility index (Phi) is 3.37. The summed E-state index contributed by atoms with van der Waals surface area (Å²) >= 11 is 0. The minimum absolute atomic E-state index is 0.678. The smallest absolute Gasteiger partial charge is 0.129 e. The predicted molar refractivity (Wildman–Crippen MR) is 71.1 cm³/mol. The Morgan fingerprint density at radius 2 is 2.33 bits per heavy atom. The van der Waals surface area contributed by atoms with Gasteiger partial charge in [-0.15, -0.1) is 0 Å². The molecule has 4 heteroatoms. The molecule has 1 atom stereocenters. The zero-order valence-electron chi connectivity index (χ0n) is 10.4. The third kappa shape index (κ3) is 2.59. The maximum absolute atomic E-state index is 4.64. The molecule has 0 radical (unpaired) electrons. The van der Waals surface area contributed by atoms with Gasteiger partial charge in [0.1, 0.15) is 5.82 Å². The maximum atomic E-state index is 4.64. The molecule has 3 heterocycles. The van der Waals surface area contributed by atoms with Crippen molar-refractivity contribution in [3.8, 4) is 11.4 Å². The standard InChI is InChI=1S/C14H18N4/c1-3-11(10-15-6-1)9-14-17-8-5-13(18-14)12-4-2-7-16-12/h2,4-5,7-8,11,15-16H,1,3,6,9-10H2. The lowest BCUT2D eigenvalue weighted by molar-refractivity contribution is 0.371. The number of aromatic nitrogens is 3. The van der Waals surface area contributed by atoms with Crippen LogP contribution in [-0.4, -0.2) is 28.0 Å². The fraction of sp³-hybridized carbons (Fsp3) is 0.429. The van der Waals surface area contributed by atoms with Gasteiger partial charge in [0.2, 0.25) is 0 Å². The summed E-state index contributed by atoms with van der Waals surface area (Å²) in [5.74, 6) is 1.63. The summed E-state index contributed by atoms with van der Waals surface area (Å²) in [5.41, 5.74) is 2.04. The highest BCUT2D eigenvalue weighted by Gasteiger charge is 2.15. The van der Waals surface area contributed by atoms with Crippen LogP contribution in [-0.2, 0) is 6.42 Å². The van der Waals surface area contributed by atoms with E-state index in [1.807, 2.05) is 30.6 Å². The van der Waals surface area contributed by atoms with Crippen LogP contribution in [0.15, 0.2) is 30.6 Å². The third-order valence-corrected chi connectivity index (χ3v) is 3.45. The van der Waals surface area contributed by atoms with Crippen LogP contribution in [0.2, 0.25) is 0 Å². The second-order valence-electron chi connectivity index (χ2n) is 4.86. The normalized spacial score (nSPS) is 19.9. The monoisotopic (exact) mass is 242 g/mol. The van der Waals surface area contributed by atoms with Gasteiger partial charge in [0.05, 0.1) is 11.4 Å². The molecule has 1 saturated heterocycles. The molecule has 2 aromatic rings. The van der Waals surface area contributed by atoms with Crippen LogP contribution >= 0.6 is 0 Å². The first-order valence-corrected chi connectivity index (χ1v) is 6.58. The molecule has 0 aliphatic carbocycles. The molecule has 1 aliphatic heterocycles. The number of aromatic amines is 1. The van der Waals surface area contributed by atoms with E-state index in [0.29, 0.717) is 5.92 Å². The van der Waals surface area contributed by atoms with E-state index in [1.54, 1.807) is 0 Å². The van der Waals surface area contributed by atoms with Crippen LogP contribution in [0.1, 0.15) is 18.7 Å². The van der Waals surface area contributed by atoms with Crippen molar-refractivity contribution in [3.05, 3.63) is 36.4 Å². The van der Waals surface area contributed by atoms with Gasteiger partial charge in [0.15, 0.2) is 0 Å².